The van der Waals surface area contributed by atoms with Crippen LogP contribution in [-0.4, -0.2) is 34.0 Å². The first-order valence-electron chi connectivity index (χ1n) is 8.96. The standard InChI is InChI=1S/C21H24ClN3O/c1-4-12-24(3)21(26)15(2)25-19-11-6-5-10-18(19)23-20(25)14-16-8-7-9-17(22)13-16/h5-11,13,15H,4,12,14H2,1-3H3. The van der Waals surface area contributed by atoms with Crippen molar-refractivity contribution in [2.45, 2.75) is 32.7 Å². The van der Waals surface area contributed by atoms with E-state index in [-0.39, 0.29) is 11.9 Å². The lowest BCUT2D eigenvalue weighted by Gasteiger charge is -2.23. The largest absolute Gasteiger partial charge is 0.344 e. The number of imidazole rings is 1. The number of likely N-dealkylation sites (N-methyl/N-ethyl adjacent to an activating group) is 1. The summed E-state index contributed by atoms with van der Waals surface area (Å²) in [5.41, 5.74) is 2.97. The second-order valence-electron chi connectivity index (χ2n) is 6.63. The number of aromatic nitrogens is 2. The average molecular weight is 370 g/mol. The highest BCUT2D eigenvalue weighted by Crippen LogP contribution is 2.25. The van der Waals surface area contributed by atoms with E-state index in [2.05, 4.69) is 11.5 Å². The van der Waals surface area contributed by atoms with Gasteiger partial charge in [-0.3, -0.25) is 4.79 Å². The molecule has 0 aliphatic rings. The van der Waals surface area contributed by atoms with Gasteiger partial charge in [-0.25, -0.2) is 4.98 Å². The lowest BCUT2D eigenvalue weighted by Crippen LogP contribution is -2.34. The highest BCUT2D eigenvalue weighted by Gasteiger charge is 2.23. The number of carbonyl (C=O) groups is 1. The molecule has 2 aromatic carbocycles. The van der Waals surface area contributed by atoms with Crippen LogP contribution in [0, 0.1) is 0 Å². The Morgan fingerprint density at radius 2 is 2.00 bits per heavy atom. The summed E-state index contributed by atoms with van der Waals surface area (Å²) < 4.78 is 2.06. The van der Waals surface area contributed by atoms with Crippen molar-refractivity contribution >= 4 is 28.5 Å². The fourth-order valence-corrected chi connectivity index (χ4v) is 3.57. The molecule has 1 aromatic heterocycles. The van der Waals surface area contributed by atoms with Crippen LogP contribution in [-0.2, 0) is 11.2 Å². The van der Waals surface area contributed by atoms with Crippen molar-refractivity contribution in [3.63, 3.8) is 0 Å². The van der Waals surface area contributed by atoms with Gasteiger partial charge in [-0.2, -0.15) is 0 Å². The second-order valence-corrected chi connectivity index (χ2v) is 7.07. The molecule has 1 atom stereocenters. The van der Waals surface area contributed by atoms with Crippen molar-refractivity contribution in [3.8, 4) is 0 Å². The number of nitrogens with zero attached hydrogens (tertiary/aromatic N) is 3. The number of halogens is 1. The van der Waals surface area contributed by atoms with E-state index in [0.29, 0.717) is 11.4 Å². The van der Waals surface area contributed by atoms with E-state index in [9.17, 15) is 4.79 Å². The number of fused-ring (bicyclic) bond motifs is 1. The van der Waals surface area contributed by atoms with Crippen LogP contribution in [0.15, 0.2) is 48.5 Å². The number of hydrogen-bond acceptors (Lipinski definition) is 2. The van der Waals surface area contributed by atoms with E-state index in [0.717, 1.165) is 35.4 Å². The number of benzene rings is 2. The van der Waals surface area contributed by atoms with Crippen molar-refractivity contribution in [1.82, 2.24) is 14.5 Å². The molecule has 0 aliphatic heterocycles. The van der Waals surface area contributed by atoms with Gasteiger partial charge in [0.2, 0.25) is 5.91 Å². The number of hydrogen-bond donors (Lipinski definition) is 0. The number of rotatable bonds is 6. The molecule has 3 aromatic rings. The van der Waals surface area contributed by atoms with Gasteiger partial charge in [0, 0.05) is 25.0 Å². The molecular weight excluding hydrogens is 346 g/mol. The molecule has 0 bridgehead atoms. The summed E-state index contributed by atoms with van der Waals surface area (Å²) in [6, 6.07) is 15.4. The zero-order chi connectivity index (χ0) is 18.7. The summed E-state index contributed by atoms with van der Waals surface area (Å²) in [5.74, 6) is 0.974. The van der Waals surface area contributed by atoms with Crippen LogP contribution >= 0.6 is 11.6 Å². The molecule has 1 heterocycles. The van der Waals surface area contributed by atoms with Gasteiger partial charge in [-0.15, -0.1) is 0 Å². The normalized spacial score (nSPS) is 12.3. The van der Waals surface area contributed by atoms with Crippen LogP contribution < -0.4 is 0 Å². The van der Waals surface area contributed by atoms with Crippen LogP contribution in [0.1, 0.15) is 37.7 Å². The van der Waals surface area contributed by atoms with E-state index >= 15 is 0 Å². The zero-order valence-corrected chi connectivity index (χ0v) is 16.2. The highest BCUT2D eigenvalue weighted by molar-refractivity contribution is 6.30. The fourth-order valence-electron chi connectivity index (χ4n) is 3.36. The molecular formula is C21H24ClN3O. The summed E-state index contributed by atoms with van der Waals surface area (Å²) >= 11 is 6.13. The molecule has 3 rings (SSSR count). The molecule has 0 saturated carbocycles. The molecule has 0 aliphatic carbocycles. The van der Waals surface area contributed by atoms with Crippen molar-refractivity contribution in [2.75, 3.05) is 13.6 Å². The van der Waals surface area contributed by atoms with E-state index in [4.69, 9.17) is 16.6 Å². The Bertz CT molecular complexity index is 919. The number of carbonyl (C=O) groups excluding carboxylic acids is 1. The van der Waals surface area contributed by atoms with E-state index in [1.165, 1.54) is 0 Å². The van der Waals surface area contributed by atoms with Gasteiger partial charge in [-0.05, 0) is 43.2 Å². The lowest BCUT2D eigenvalue weighted by molar-refractivity contribution is -0.132. The Morgan fingerprint density at radius 3 is 2.73 bits per heavy atom. The number of para-hydroxylation sites is 2. The van der Waals surface area contributed by atoms with Gasteiger partial charge in [-0.1, -0.05) is 42.8 Å². The first-order chi connectivity index (χ1) is 12.5. The zero-order valence-electron chi connectivity index (χ0n) is 15.4. The Balaban J connectivity index is 2.03. The molecule has 1 amide bonds. The minimum Gasteiger partial charge on any atom is -0.344 e. The molecule has 5 heteroatoms. The molecule has 0 fully saturated rings. The Morgan fingerprint density at radius 1 is 1.23 bits per heavy atom. The maximum absolute atomic E-state index is 12.9. The van der Waals surface area contributed by atoms with Crippen LogP contribution in [0.4, 0.5) is 0 Å². The molecule has 0 radical (unpaired) electrons. The van der Waals surface area contributed by atoms with Gasteiger partial charge in [0.25, 0.3) is 0 Å². The minimum absolute atomic E-state index is 0.0994. The first-order valence-corrected chi connectivity index (χ1v) is 9.34. The van der Waals surface area contributed by atoms with Gasteiger partial charge >= 0.3 is 0 Å². The van der Waals surface area contributed by atoms with Gasteiger partial charge in [0.15, 0.2) is 0 Å². The predicted molar refractivity (Wildman–Crippen MR) is 107 cm³/mol. The average Bonchev–Trinajstić information content (AvgIpc) is 2.98. The number of amides is 1. The lowest BCUT2D eigenvalue weighted by atomic mass is 10.1. The summed E-state index contributed by atoms with van der Waals surface area (Å²) in [4.78, 5) is 19.5. The molecule has 1 unspecified atom stereocenters. The van der Waals surface area contributed by atoms with Gasteiger partial charge < -0.3 is 9.47 Å². The van der Waals surface area contributed by atoms with Crippen molar-refractivity contribution < 1.29 is 4.79 Å². The maximum atomic E-state index is 12.9. The third-order valence-corrected chi connectivity index (χ3v) is 4.84. The fraction of sp³-hybridized carbons (Fsp3) is 0.333. The molecule has 4 nitrogen and oxygen atoms in total. The molecule has 136 valence electrons. The Labute approximate surface area is 159 Å². The van der Waals surface area contributed by atoms with Crippen LogP contribution in [0.3, 0.4) is 0 Å². The SMILES string of the molecule is CCCN(C)C(=O)C(C)n1c(Cc2cccc(Cl)c2)nc2ccccc21. The smallest absolute Gasteiger partial charge is 0.245 e. The third-order valence-electron chi connectivity index (χ3n) is 4.60. The molecule has 0 spiro atoms. The Kier molecular flexibility index (Phi) is 5.62. The van der Waals surface area contributed by atoms with E-state index in [1.54, 1.807) is 4.90 Å². The predicted octanol–water partition coefficient (Wildman–Crippen LogP) is 4.71. The van der Waals surface area contributed by atoms with Crippen molar-refractivity contribution in [1.29, 1.82) is 0 Å². The third kappa shape index (κ3) is 3.75. The highest BCUT2D eigenvalue weighted by atomic mass is 35.5. The molecule has 0 N–H and O–H groups in total. The first kappa shape index (κ1) is 18.5. The second kappa shape index (κ2) is 7.92. The minimum atomic E-state index is -0.312. The summed E-state index contributed by atoms with van der Waals surface area (Å²) in [5, 5.41) is 0.706. The van der Waals surface area contributed by atoms with Crippen LogP contribution in [0.25, 0.3) is 11.0 Å². The van der Waals surface area contributed by atoms with Gasteiger partial charge in [0.05, 0.1) is 11.0 Å². The summed E-state index contributed by atoms with van der Waals surface area (Å²) in [6.07, 6.45) is 1.57. The van der Waals surface area contributed by atoms with Crippen LogP contribution in [0.2, 0.25) is 5.02 Å². The summed E-state index contributed by atoms with van der Waals surface area (Å²) in [6.45, 7) is 4.77. The topological polar surface area (TPSA) is 38.1 Å². The van der Waals surface area contributed by atoms with Crippen molar-refractivity contribution in [3.05, 3.63) is 64.9 Å². The summed E-state index contributed by atoms with van der Waals surface area (Å²) in [7, 11) is 1.86. The molecule has 26 heavy (non-hydrogen) atoms. The quantitative estimate of drug-likeness (QED) is 0.631. The van der Waals surface area contributed by atoms with E-state index < -0.39 is 0 Å². The monoisotopic (exact) mass is 369 g/mol. The van der Waals surface area contributed by atoms with Crippen molar-refractivity contribution in [2.24, 2.45) is 0 Å². The van der Waals surface area contributed by atoms with Gasteiger partial charge in [0.1, 0.15) is 11.9 Å². The van der Waals surface area contributed by atoms with E-state index in [1.807, 2.05) is 62.5 Å². The van der Waals surface area contributed by atoms with Crippen LogP contribution in [0.5, 0.6) is 0 Å². The Hall–Kier alpha value is -2.33. The maximum Gasteiger partial charge on any atom is 0.245 e. The molecule has 0 saturated heterocycles.